The Morgan fingerprint density at radius 1 is 1.26 bits per heavy atom. The minimum Gasteiger partial charge on any atom is -0.494 e. The fourth-order valence-electron chi connectivity index (χ4n) is 2.50. The van der Waals surface area contributed by atoms with Crippen LogP contribution < -0.4 is 15.4 Å². The van der Waals surface area contributed by atoms with Crippen molar-refractivity contribution in [3.8, 4) is 5.75 Å². The molecule has 1 aromatic rings. The summed E-state index contributed by atoms with van der Waals surface area (Å²) >= 11 is 0. The number of benzene rings is 1. The summed E-state index contributed by atoms with van der Waals surface area (Å²) < 4.78 is 5.54. The highest BCUT2D eigenvalue weighted by Gasteiger charge is 2.12. The van der Waals surface area contributed by atoms with Crippen LogP contribution in [0.5, 0.6) is 5.75 Å². The van der Waals surface area contributed by atoms with Crippen LogP contribution >= 0.6 is 0 Å². The number of nitrogen functional groups attached to an aromatic ring is 1. The topological polar surface area (TPSA) is 41.7 Å². The van der Waals surface area contributed by atoms with Crippen molar-refractivity contribution in [2.24, 2.45) is 0 Å². The third-order valence-electron chi connectivity index (χ3n) is 3.62. The van der Waals surface area contributed by atoms with Crippen molar-refractivity contribution in [3.63, 3.8) is 0 Å². The number of anilines is 2. The van der Waals surface area contributed by atoms with E-state index in [1.54, 1.807) is 0 Å². The van der Waals surface area contributed by atoms with Gasteiger partial charge in [0.05, 0.1) is 6.61 Å². The molecule has 0 aliphatic carbocycles. The summed E-state index contributed by atoms with van der Waals surface area (Å²) in [5.74, 6) is 0.852. The van der Waals surface area contributed by atoms with Crippen molar-refractivity contribution >= 4 is 11.4 Å². The molecule has 0 atom stereocenters. The zero-order valence-corrected chi connectivity index (χ0v) is 12.1. The molecule has 106 valence electrons. The van der Waals surface area contributed by atoms with Crippen LogP contribution in [0, 0.1) is 0 Å². The Bertz CT molecular complexity index is 402. The Kier molecular flexibility index (Phi) is 4.91. The van der Waals surface area contributed by atoms with Crippen LogP contribution in [0.2, 0.25) is 0 Å². The van der Waals surface area contributed by atoms with Crippen molar-refractivity contribution in [1.82, 2.24) is 4.90 Å². The third-order valence-corrected chi connectivity index (χ3v) is 3.62. The predicted octanol–water partition coefficient (Wildman–Crippen LogP) is 2.20. The summed E-state index contributed by atoms with van der Waals surface area (Å²) in [6, 6.07) is 5.94. The number of likely N-dealkylation sites (N-methyl/N-ethyl adjacent to an activating group) is 1. The van der Waals surface area contributed by atoms with E-state index in [-0.39, 0.29) is 0 Å². The summed E-state index contributed by atoms with van der Waals surface area (Å²) in [5.41, 5.74) is 7.81. The average molecular weight is 263 g/mol. The van der Waals surface area contributed by atoms with Gasteiger partial charge in [0.1, 0.15) is 5.75 Å². The van der Waals surface area contributed by atoms with Gasteiger partial charge in [0.2, 0.25) is 0 Å². The number of likely N-dealkylation sites (tertiary alicyclic amines) is 1. The number of nitrogens with zero attached hydrogens (tertiary/aromatic N) is 2. The molecule has 0 amide bonds. The van der Waals surface area contributed by atoms with E-state index in [9.17, 15) is 0 Å². The fourth-order valence-corrected chi connectivity index (χ4v) is 2.50. The smallest absolute Gasteiger partial charge is 0.123 e. The molecule has 0 bridgehead atoms. The van der Waals surface area contributed by atoms with Crippen molar-refractivity contribution in [3.05, 3.63) is 18.2 Å². The maximum Gasteiger partial charge on any atom is 0.123 e. The molecule has 1 aromatic carbocycles. The van der Waals surface area contributed by atoms with E-state index in [0.29, 0.717) is 6.61 Å². The van der Waals surface area contributed by atoms with Gasteiger partial charge in [-0.3, -0.25) is 0 Å². The van der Waals surface area contributed by atoms with Crippen LogP contribution in [0.4, 0.5) is 11.4 Å². The standard InChI is InChI=1S/C15H25N3O/c1-3-19-15-11-13(16)10-14(12-15)17(2)8-9-18-6-4-5-7-18/h10-12H,3-9,16H2,1-2H3. The molecule has 4 heteroatoms. The van der Waals surface area contributed by atoms with E-state index >= 15 is 0 Å². The number of nitrogens with two attached hydrogens (primary N) is 1. The molecule has 1 aliphatic rings. The molecule has 1 fully saturated rings. The highest BCUT2D eigenvalue weighted by Crippen LogP contribution is 2.25. The summed E-state index contributed by atoms with van der Waals surface area (Å²) in [6.45, 7) is 7.29. The predicted molar refractivity (Wildman–Crippen MR) is 81.0 cm³/mol. The zero-order chi connectivity index (χ0) is 13.7. The summed E-state index contributed by atoms with van der Waals surface area (Å²) in [6.07, 6.45) is 2.69. The first-order valence-corrected chi connectivity index (χ1v) is 7.16. The molecule has 0 spiro atoms. The van der Waals surface area contributed by atoms with Crippen molar-refractivity contribution in [2.45, 2.75) is 19.8 Å². The molecule has 19 heavy (non-hydrogen) atoms. The van der Waals surface area contributed by atoms with Gasteiger partial charge in [0.15, 0.2) is 0 Å². The number of rotatable bonds is 6. The first kappa shape index (κ1) is 14.0. The maximum absolute atomic E-state index is 5.93. The first-order chi connectivity index (χ1) is 9.19. The summed E-state index contributed by atoms with van der Waals surface area (Å²) in [4.78, 5) is 4.77. The molecule has 1 heterocycles. The van der Waals surface area contributed by atoms with Gasteiger partial charge < -0.3 is 20.3 Å². The lowest BCUT2D eigenvalue weighted by atomic mass is 10.2. The van der Waals surface area contributed by atoms with Crippen LogP contribution in [-0.4, -0.2) is 44.7 Å². The zero-order valence-electron chi connectivity index (χ0n) is 12.1. The molecular weight excluding hydrogens is 238 g/mol. The van der Waals surface area contributed by atoms with E-state index in [4.69, 9.17) is 10.5 Å². The minimum atomic E-state index is 0.667. The molecule has 1 saturated heterocycles. The maximum atomic E-state index is 5.93. The Morgan fingerprint density at radius 2 is 2.00 bits per heavy atom. The molecule has 2 N–H and O–H groups in total. The van der Waals surface area contributed by atoms with Gasteiger partial charge in [-0.2, -0.15) is 0 Å². The Balaban J connectivity index is 1.94. The van der Waals surface area contributed by atoms with Gasteiger partial charge in [0.25, 0.3) is 0 Å². The van der Waals surface area contributed by atoms with E-state index in [2.05, 4.69) is 22.9 Å². The van der Waals surface area contributed by atoms with Crippen molar-refractivity contribution in [1.29, 1.82) is 0 Å². The lowest BCUT2D eigenvalue weighted by molar-refractivity contribution is 0.339. The van der Waals surface area contributed by atoms with Gasteiger partial charge in [-0.25, -0.2) is 0 Å². The molecule has 0 aromatic heterocycles. The van der Waals surface area contributed by atoms with E-state index in [1.807, 2.05) is 19.1 Å². The molecule has 4 nitrogen and oxygen atoms in total. The summed E-state index contributed by atoms with van der Waals surface area (Å²) in [7, 11) is 2.11. The molecule has 1 aliphatic heterocycles. The number of ether oxygens (including phenoxy) is 1. The first-order valence-electron chi connectivity index (χ1n) is 7.16. The van der Waals surface area contributed by atoms with Gasteiger partial charge in [0, 0.05) is 43.6 Å². The van der Waals surface area contributed by atoms with Crippen LogP contribution in [0.1, 0.15) is 19.8 Å². The highest BCUT2D eigenvalue weighted by atomic mass is 16.5. The molecule has 0 saturated carbocycles. The van der Waals surface area contributed by atoms with E-state index < -0.39 is 0 Å². The Morgan fingerprint density at radius 3 is 2.68 bits per heavy atom. The monoisotopic (exact) mass is 263 g/mol. The summed E-state index contributed by atoms with van der Waals surface area (Å²) in [5, 5.41) is 0. The van der Waals surface area contributed by atoms with E-state index in [1.165, 1.54) is 25.9 Å². The van der Waals surface area contributed by atoms with Crippen LogP contribution in [0.25, 0.3) is 0 Å². The number of hydrogen-bond acceptors (Lipinski definition) is 4. The molecule has 0 unspecified atom stereocenters. The second-order valence-corrected chi connectivity index (χ2v) is 5.16. The third kappa shape index (κ3) is 4.03. The Hall–Kier alpha value is -1.42. The largest absolute Gasteiger partial charge is 0.494 e. The molecule has 2 rings (SSSR count). The normalized spacial score (nSPS) is 15.7. The molecule has 0 radical (unpaired) electrons. The van der Waals surface area contributed by atoms with Gasteiger partial charge >= 0.3 is 0 Å². The quantitative estimate of drug-likeness (QED) is 0.799. The lowest BCUT2D eigenvalue weighted by Crippen LogP contribution is -2.31. The fraction of sp³-hybridized carbons (Fsp3) is 0.600. The second kappa shape index (κ2) is 6.66. The Labute approximate surface area is 116 Å². The minimum absolute atomic E-state index is 0.667. The lowest BCUT2D eigenvalue weighted by Gasteiger charge is -2.24. The number of hydrogen-bond donors (Lipinski definition) is 1. The van der Waals surface area contributed by atoms with E-state index in [0.717, 1.165) is 30.2 Å². The molecular formula is C15H25N3O. The van der Waals surface area contributed by atoms with Crippen LogP contribution in [0.15, 0.2) is 18.2 Å². The van der Waals surface area contributed by atoms with Crippen molar-refractivity contribution < 1.29 is 4.74 Å². The van der Waals surface area contributed by atoms with Gasteiger partial charge in [-0.15, -0.1) is 0 Å². The van der Waals surface area contributed by atoms with Crippen LogP contribution in [0.3, 0.4) is 0 Å². The van der Waals surface area contributed by atoms with Gasteiger partial charge in [-0.05, 0) is 38.9 Å². The van der Waals surface area contributed by atoms with Crippen molar-refractivity contribution in [2.75, 3.05) is 50.5 Å². The SMILES string of the molecule is CCOc1cc(N)cc(N(C)CCN2CCCC2)c1. The second-order valence-electron chi connectivity index (χ2n) is 5.16. The highest BCUT2D eigenvalue weighted by molar-refractivity contribution is 5.60. The average Bonchev–Trinajstić information content (AvgIpc) is 2.88. The van der Waals surface area contributed by atoms with Crippen LogP contribution in [-0.2, 0) is 0 Å². The van der Waals surface area contributed by atoms with Gasteiger partial charge in [-0.1, -0.05) is 0 Å².